The van der Waals surface area contributed by atoms with Crippen LogP contribution in [0.25, 0.3) is 0 Å². The molecule has 8 heteroatoms. The number of benzene rings is 1. The Morgan fingerprint density at radius 1 is 1.13 bits per heavy atom. The highest BCUT2D eigenvalue weighted by molar-refractivity contribution is 9.11. The molecule has 1 saturated heterocycles. The minimum atomic E-state index is -0.332. The number of nitrogens with one attached hydrogen (secondary N) is 1. The molecule has 1 N–H and O–H groups in total. The molecule has 1 fully saturated rings. The van der Waals surface area contributed by atoms with Crippen LogP contribution < -0.4 is 5.32 Å². The van der Waals surface area contributed by atoms with E-state index in [1.165, 1.54) is 11.1 Å². The van der Waals surface area contributed by atoms with Gasteiger partial charge in [0.1, 0.15) is 0 Å². The van der Waals surface area contributed by atoms with Gasteiger partial charge < -0.3 is 14.6 Å². The average Bonchev–Trinajstić information content (AvgIpc) is 3.42. The maximum atomic E-state index is 13.0. The van der Waals surface area contributed by atoms with Crippen LogP contribution in [-0.4, -0.2) is 47.8 Å². The molecule has 1 aliphatic heterocycles. The highest BCUT2D eigenvalue weighted by Gasteiger charge is 2.23. The number of furan rings is 1. The predicted octanol–water partition coefficient (Wildman–Crippen LogP) is 4.62. The lowest BCUT2D eigenvalue weighted by molar-refractivity contribution is 0.0629. The van der Waals surface area contributed by atoms with Crippen molar-refractivity contribution in [3.8, 4) is 0 Å². The third-order valence-electron chi connectivity index (χ3n) is 5.15. The second-order valence-corrected chi connectivity index (χ2v) is 9.78. The maximum absolute atomic E-state index is 13.0. The number of rotatable bonds is 5. The van der Waals surface area contributed by atoms with Gasteiger partial charge in [0.15, 0.2) is 5.76 Å². The molecule has 0 unspecified atom stereocenters. The van der Waals surface area contributed by atoms with Crippen molar-refractivity contribution in [1.29, 1.82) is 0 Å². The maximum Gasteiger partial charge on any atom is 0.291 e. The lowest BCUT2D eigenvalue weighted by Gasteiger charge is -2.34. The van der Waals surface area contributed by atoms with E-state index in [-0.39, 0.29) is 17.6 Å². The van der Waals surface area contributed by atoms with Crippen LogP contribution in [0.15, 0.2) is 56.9 Å². The number of thiophene rings is 1. The third kappa shape index (κ3) is 4.83. The second-order valence-electron chi connectivity index (χ2n) is 7.24. The van der Waals surface area contributed by atoms with Gasteiger partial charge in [-0.1, -0.05) is 6.07 Å². The molecule has 0 atom stereocenters. The fourth-order valence-electron chi connectivity index (χ4n) is 3.43. The molecule has 0 aliphatic carbocycles. The highest BCUT2D eigenvalue weighted by Crippen LogP contribution is 2.24. The first-order valence-electron chi connectivity index (χ1n) is 9.71. The number of amides is 2. The zero-order chi connectivity index (χ0) is 21.1. The van der Waals surface area contributed by atoms with Gasteiger partial charge in [-0.3, -0.25) is 14.5 Å². The fraction of sp³-hybridized carbons (Fsp3) is 0.273. The summed E-state index contributed by atoms with van der Waals surface area (Å²) in [5.74, 6) is -0.108. The summed E-state index contributed by atoms with van der Waals surface area (Å²) in [6, 6.07) is 12.9. The summed E-state index contributed by atoms with van der Waals surface area (Å²) < 4.78 is 6.28. The molecular formula is C22H22BrN3O3S. The first kappa shape index (κ1) is 20.8. The molecule has 0 radical (unpaired) electrons. The van der Waals surface area contributed by atoms with Crippen LogP contribution in [0.5, 0.6) is 0 Å². The Bertz CT molecular complexity index is 1040. The normalized spacial score (nSPS) is 14.7. The van der Waals surface area contributed by atoms with Crippen molar-refractivity contribution in [2.45, 2.75) is 13.5 Å². The molecule has 2 amide bonds. The summed E-state index contributed by atoms with van der Waals surface area (Å²) in [4.78, 5) is 30.9. The van der Waals surface area contributed by atoms with Gasteiger partial charge in [0.2, 0.25) is 0 Å². The van der Waals surface area contributed by atoms with Crippen LogP contribution in [0.1, 0.15) is 31.4 Å². The van der Waals surface area contributed by atoms with E-state index in [1.54, 1.807) is 29.5 Å². The number of hydrogen-bond donors (Lipinski definition) is 1. The number of halogens is 1. The van der Waals surface area contributed by atoms with Crippen LogP contribution in [0.2, 0.25) is 0 Å². The van der Waals surface area contributed by atoms with Crippen LogP contribution >= 0.6 is 27.3 Å². The fourth-order valence-corrected chi connectivity index (χ4v) is 4.96. The Balaban J connectivity index is 1.38. The first-order chi connectivity index (χ1) is 14.5. The largest absolute Gasteiger partial charge is 0.459 e. The Kier molecular flexibility index (Phi) is 6.36. The summed E-state index contributed by atoms with van der Waals surface area (Å²) in [5, 5.41) is 2.83. The number of carbonyl (C=O) groups excluding carboxylic acids is 2. The zero-order valence-electron chi connectivity index (χ0n) is 16.6. The minimum absolute atomic E-state index is 0.0120. The summed E-state index contributed by atoms with van der Waals surface area (Å²) in [5.41, 5.74) is 2.08. The van der Waals surface area contributed by atoms with Crippen molar-refractivity contribution in [3.63, 3.8) is 0 Å². The molecule has 0 saturated carbocycles. The van der Waals surface area contributed by atoms with E-state index in [0.29, 0.717) is 24.3 Å². The van der Waals surface area contributed by atoms with Gasteiger partial charge in [0, 0.05) is 48.9 Å². The molecule has 1 aromatic carbocycles. The number of anilines is 1. The molecule has 4 rings (SSSR count). The molecule has 156 valence electrons. The summed E-state index contributed by atoms with van der Waals surface area (Å²) in [6.45, 7) is 5.87. The number of aryl methyl sites for hydroxylation is 1. The van der Waals surface area contributed by atoms with Crippen molar-refractivity contribution < 1.29 is 14.0 Å². The standard InChI is InChI=1S/C22H22BrN3O3S/c1-15-4-5-16(13-18(15)24-21(27)19-3-2-12-29-19)22(28)26-10-8-25(9-11-26)14-17-6-7-20(23)30-17/h2-7,12-13H,8-11,14H2,1H3,(H,24,27). The quantitative estimate of drug-likeness (QED) is 0.569. The third-order valence-corrected chi connectivity index (χ3v) is 6.75. The van der Waals surface area contributed by atoms with E-state index in [9.17, 15) is 9.59 Å². The van der Waals surface area contributed by atoms with E-state index in [0.717, 1.165) is 29.0 Å². The Hall–Kier alpha value is -2.42. The molecule has 2 aromatic heterocycles. The van der Waals surface area contributed by atoms with Gasteiger partial charge in [-0.25, -0.2) is 0 Å². The molecule has 3 aromatic rings. The smallest absolute Gasteiger partial charge is 0.291 e. The van der Waals surface area contributed by atoms with Crippen LogP contribution in [-0.2, 0) is 6.54 Å². The summed E-state index contributed by atoms with van der Waals surface area (Å²) in [6.07, 6.45) is 1.46. The van der Waals surface area contributed by atoms with Crippen molar-refractivity contribution in [1.82, 2.24) is 9.80 Å². The van der Waals surface area contributed by atoms with Crippen molar-refractivity contribution in [2.24, 2.45) is 0 Å². The SMILES string of the molecule is Cc1ccc(C(=O)N2CCN(Cc3ccc(Br)s3)CC2)cc1NC(=O)c1ccco1. The van der Waals surface area contributed by atoms with Crippen molar-refractivity contribution in [2.75, 3.05) is 31.5 Å². The zero-order valence-corrected chi connectivity index (χ0v) is 19.0. The molecule has 1 aliphatic rings. The lowest BCUT2D eigenvalue weighted by atomic mass is 10.1. The predicted molar refractivity (Wildman–Crippen MR) is 121 cm³/mol. The molecule has 3 heterocycles. The van der Waals surface area contributed by atoms with Gasteiger partial charge in [-0.05, 0) is 64.8 Å². The van der Waals surface area contributed by atoms with Gasteiger partial charge in [-0.15, -0.1) is 11.3 Å². The van der Waals surface area contributed by atoms with Crippen LogP contribution in [0.3, 0.4) is 0 Å². The highest BCUT2D eigenvalue weighted by atomic mass is 79.9. The van der Waals surface area contributed by atoms with Gasteiger partial charge in [0.25, 0.3) is 11.8 Å². The van der Waals surface area contributed by atoms with E-state index < -0.39 is 0 Å². The Morgan fingerprint density at radius 2 is 1.93 bits per heavy atom. The number of piperazine rings is 1. The minimum Gasteiger partial charge on any atom is -0.459 e. The Labute approximate surface area is 187 Å². The monoisotopic (exact) mass is 487 g/mol. The van der Waals surface area contributed by atoms with Gasteiger partial charge in [0.05, 0.1) is 10.0 Å². The van der Waals surface area contributed by atoms with Crippen LogP contribution in [0.4, 0.5) is 5.69 Å². The number of carbonyl (C=O) groups is 2. The van der Waals surface area contributed by atoms with Crippen LogP contribution in [0, 0.1) is 6.92 Å². The van der Waals surface area contributed by atoms with E-state index >= 15 is 0 Å². The molecule has 0 bridgehead atoms. The topological polar surface area (TPSA) is 65.8 Å². The molecule has 30 heavy (non-hydrogen) atoms. The van der Waals surface area contributed by atoms with Gasteiger partial charge >= 0.3 is 0 Å². The first-order valence-corrected chi connectivity index (χ1v) is 11.3. The number of nitrogens with zero attached hydrogens (tertiary/aromatic N) is 2. The van der Waals surface area contributed by atoms with Crippen molar-refractivity contribution in [3.05, 3.63) is 74.3 Å². The van der Waals surface area contributed by atoms with Crippen molar-refractivity contribution >= 4 is 44.8 Å². The second kappa shape index (κ2) is 9.16. The average molecular weight is 488 g/mol. The van der Waals surface area contributed by atoms with E-state index in [4.69, 9.17) is 4.42 Å². The number of hydrogen-bond acceptors (Lipinski definition) is 5. The lowest BCUT2D eigenvalue weighted by Crippen LogP contribution is -2.48. The summed E-state index contributed by atoms with van der Waals surface area (Å²) in [7, 11) is 0. The van der Waals surface area contributed by atoms with E-state index in [1.807, 2.05) is 24.0 Å². The van der Waals surface area contributed by atoms with E-state index in [2.05, 4.69) is 38.3 Å². The molecule has 0 spiro atoms. The summed E-state index contributed by atoms with van der Waals surface area (Å²) >= 11 is 5.25. The Morgan fingerprint density at radius 3 is 2.60 bits per heavy atom. The molecule has 6 nitrogen and oxygen atoms in total. The molecular weight excluding hydrogens is 466 g/mol. The van der Waals surface area contributed by atoms with Gasteiger partial charge in [-0.2, -0.15) is 0 Å².